The number of carbonyl (C=O) groups is 1. The second-order valence-electron chi connectivity index (χ2n) is 7.79. The molecule has 35 heavy (non-hydrogen) atoms. The molecule has 176 valence electrons. The van der Waals surface area contributed by atoms with Gasteiger partial charge >= 0.3 is 0 Å². The lowest BCUT2D eigenvalue weighted by molar-refractivity contribution is -0.116. The quantitative estimate of drug-likeness (QED) is 0.334. The first-order chi connectivity index (χ1) is 17.2. The maximum Gasteiger partial charge on any atom is 0.244 e. The molecule has 5 rings (SSSR count). The van der Waals surface area contributed by atoms with Gasteiger partial charge in [-0.2, -0.15) is 5.10 Å². The molecule has 0 aliphatic rings. The van der Waals surface area contributed by atoms with Crippen molar-refractivity contribution in [3.63, 3.8) is 0 Å². The first-order valence-electron chi connectivity index (χ1n) is 11.2. The number of anilines is 1. The number of amides is 1. The average molecular weight is 469 g/mol. The molecule has 9 nitrogen and oxygen atoms in total. The van der Waals surface area contributed by atoms with Crippen LogP contribution in [0, 0.1) is 0 Å². The van der Waals surface area contributed by atoms with Crippen molar-refractivity contribution in [2.45, 2.75) is 19.7 Å². The summed E-state index contributed by atoms with van der Waals surface area (Å²) in [4.78, 5) is 21.6. The van der Waals surface area contributed by atoms with E-state index in [9.17, 15) is 4.79 Å². The van der Waals surface area contributed by atoms with Gasteiger partial charge in [0.1, 0.15) is 49.7 Å². The molecular formula is C26H24N6O3. The Hall–Kier alpha value is -4.66. The number of carbonyl (C=O) groups excluding carboxylic acids is 1. The Morgan fingerprint density at radius 2 is 1.74 bits per heavy atom. The van der Waals surface area contributed by atoms with Crippen molar-refractivity contribution in [2.24, 2.45) is 0 Å². The maximum absolute atomic E-state index is 13.0. The van der Waals surface area contributed by atoms with Crippen molar-refractivity contribution < 1.29 is 14.3 Å². The molecule has 5 aromatic rings. The molecule has 0 spiro atoms. The largest absolute Gasteiger partial charge is 0.492 e. The van der Waals surface area contributed by atoms with Gasteiger partial charge in [-0.3, -0.25) is 4.79 Å². The van der Waals surface area contributed by atoms with Crippen LogP contribution in [-0.4, -0.2) is 36.8 Å². The minimum Gasteiger partial charge on any atom is -0.492 e. The van der Waals surface area contributed by atoms with Crippen molar-refractivity contribution in [3.05, 3.63) is 97.3 Å². The third kappa shape index (κ3) is 5.64. The fraction of sp³-hybridized carbons (Fsp3) is 0.154. The fourth-order valence-corrected chi connectivity index (χ4v) is 3.69. The number of nitrogens with zero attached hydrogens (tertiary/aromatic N) is 5. The number of benzene rings is 3. The second-order valence-corrected chi connectivity index (χ2v) is 7.79. The summed E-state index contributed by atoms with van der Waals surface area (Å²) in [5, 5.41) is 7.01. The van der Waals surface area contributed by atoms with Crippen LogP contribution >= 0.6 is 0 Å². The lowest BCUT2D eigenvalue weighted by Gasteiger charge is -2.12. The van der Waals surface area contributed by atoms with Crippen molar-refractivity contribution in [3.8, 4) is 11.5 Å². The number of hydrogen-bond acceptors (Lipinski definition) is 6. The molecule has 0 bridgehead atoms. The zero-order chi connectivity index (χ0) is 23.9. The van der Waals surface area contributed by atoms with Gasteiger partial charge in [-0.05, 0) is 36.4 Å². The van der Waals surface area contributed by atoms with E-state index in [1.807, 2.05) is 77.4 Å². The predicted octanol–water partition coefficient (Wildman–Crippen LogP) is 3.92. The van der Waals surface area contributed by atoms with Crippen LogP contribution in [0.15, 0.2) is 91.5 Å². The van der Waals surface area contributed by atoms with Gasteiger partial charge in [-0.1, -0.05) is 36.4 Å². The summed E-state index contributed by atoms with van der Waals surface area (Å²) in [6, 6.07) is 24.6. The van der Waals surface area contributed by atoms with Gasteiger partial charge in [0.25, 0.3) is 0 Å². The number of rotatable bonds is 10. The molecule has 2 heterocycles. The number of nitrogens with one attached hydrogen (secondary N) is 1. The zero-order valence-corrected chi connectivity index (χ0v) is 18.9. The maximum atomic E-state index is 13.0. The highest BCUT2D eigenvalue weighted by Gasteiger charge is 2.15. The van der Waals surface area contributed by atoms with E-state index in [2.05, 4.69) is 20.4 Å². The first-order valence-corrected chi connectivity index (χ1v) is 11.2. The van der Waals surface area contributed by atoms with Gasteiger partial charge in [0.15, 0.2) is 0 Å². The SMILES string of the molecule is O=C(Cn1c(COc2ccccc2)nc2ccccc21)Nc1cccc(OCCn2cncn2)c1. The Morgan fingerprint density at radius 3 is 2.60 bits per heavy atom. The molecule has 0 aliphatic carbocycles. The van der Waals surface area contributed by atoms with Gasteiger partial charge in [0, 0.05) is 11.8 Å². The fourth-order valence-electron chi connectivity index (χ4n) is 3.69. The molecule has 0 unspecified atom stereocenters. The van der Waals surface area contributed by atoms with Gasteiger partial charge in [-0.15, -0.1) is 0 Å². The Bertz CT molecular complexity index is 1400. The standard InChI is InChI=1S/C26H24N6O3/c33-26(29-20-7-6-10-22(15-20)34-14-13-31-19-27-18-28-31)16-32-24-12-5-4-11-23(24)30-25(32)17-35-21-8-2-1-3-9-21/h1-12,15,18-19H,13-14,16-17H2,(H,29,33). The first kappa shape index (κ1) is 22.1. The molecule has 3 aromatic carbocycles. The monoisotopic (exact) mass is 468 g/mol. The van der Waals surface area contributed by atoms with Crippen LogP contribution < -0.4 is 14.8 Å². The predicted molar refractivity (Wildman–Crippen MR) is 131 cm³/mol. The summed E-state index contributed by atoms with van der Waals surface area (Å²) < 4.78 is 15.3. The molecule has 0 radical (unpaired) electrons. The van der Waals surface area contributed by atoms with Crippen molar-refractivity contribution in [1.29, 1.82) is 0 Å². The summed E-state index contributed by atoms with van der Waals surface area (Å²) in [6.07, 6.45) is 3.12. The van der Waals surface area contributed by atoms with E-state index >= 15 is 0 Å². The van der Waals surface area contributed by atoms with Crippen LogP contribution in [0.3, 0.4) is 0 Å². The van der Waals surface area contributed by atoms with E-state index in [1.165, 1.54) is 6.33 Å². The topological polar surface area (TPSA) is 96.1 Å². The van der Waals surface area contributed by atoms with E-state index in [0.717, 1.165) is 16.8 Å². The van der Waals surface area contributed by atoms with Crippen LogP contribution in [0.2, 0.25) is 0 Å². The average Bonchev–Trinajstić information content (AvgIpc) is 3.52. The third-order valence-electron chi connectivity index (χ3n) is 5.32. The highest BCUT2D eigenvalue weighted by atomic mass is 16.5. The number of fused-ring (bicyclic) bond motifs is 1. The Morgan fingerprint density at radius 1 is 0.914 bits per heavy atom. The molecule has 2 aromatic heterocycles. The highest BCUT2D eigenvalue weighted by Crippen LogP contribution is 2.20. The van der Waals surface area contributed by atoms with E-state index < -0.39 is 0 Å². The van der Waals surface area contributed by atoms with Crippen LogP contribution in [0.25, 0.3) is 11.0 Å². The molecule has 0 fully saturated rings. The van der Waals surface area contributed by atoms with E-state index in [1.54, 1.807) is 17.1 Å². The Labute approximate surface area is 202 Å². The zero-order valence-electron chi connectivity index (χ0n) is 18.9. The second kappa shape index (κ2) is 10.5. The molecular weight excluding hydrogens is 444 g/mol. The van der Waals surface area contributed by atoms with Crippen LogP contribution in [0.4, 0.5) is 5.69 Å². The molecule has 9 heteroatoms. The summed E-state index contributed by atoms with van der Waals surface area (Å²) in [5.41, 5.74) is 2.34. The van der Waals surface area contributed by atoms with Crippen LogP contribution in [0.1, 0.15) is 5.82 Å². The molecule has 0 atom stereocenters. The normalized spacial score (nSPS) is 10.9. The lowest BCUT2D eigenvalue weighted by Crippen LogP contribution is -2.20. The number of ether oxygens (including phenoxy) is 2. The lowest BCUT2D eigenvalue weighted by atomic mass is 10.3. The smallest absolute Gasteiger partial charge is 0.244 e. The van der Waals surface area contributed by atoms with Crippen molar-refractivity contribution in [1.82, 2.24) is 24.3 Å². The molecule has 0 saturated carbocycles. The van der Waals surface area contributed by atoms with E-state index in [4.69, 9.17) is 9.47 Å². The van der Waals surface area contributed by atoms with E-state index in [0.29, 0.717) is 30.4 Å². The molecule has 0 saturated heterocycles. The number of aromatic nitrogens is 5. The minimum absolute atomic E-state index is 0.103. The van der Waals surface area contributed by atoms with Gasteiger partial charge < -0.3 is 19.4 Å². The summed E-state index contributed by atoms with van der Waals surface area (Å²) in [6.45, 7) is 1.37. The number of para-hydroxylation sites is 3. The van der Waals surface area contributed by atoms with Crippen LogP contribution in [-0.2, 0) is 24.5 Å². The Kier molecular flexibility index (Phi) is 6.65. The highest BCUT2D eigenvalue weighted by molar-refractivity contribution is 5.92. The minimum atomic E-state index is -0.172. The van der Waals surface area contributed by atoms with Gasteiger partial charge in [0.05, 0.1) is 17.6 Å². The van der Waals surface area contributed by atoms with Gasteiger partial charge in [0.2, 0.25) is 5.91 Å². The molecule has 1 N–H and O–H groups in total. The summed E-state index contributed by atoms with van der Waals surface area (Å²) in [7, 11) is 0. The van der Waals surface area contributed by atoms with Crippen molar-refractivity contribution in [2.75, 3.05) is 11.9 Å². The Balaban J connectivity index is 1.25. The third-order valence-corrected chi connectivity index (χ3v) is 5.32. The summed E-state index contributed by atoms with van der Waals surface area (Å²) in [5.74, 6) is 1.91. The molecule has 1 amide bonds. The summed E-state index contributed by atoms with van der Waals surface area (Å²) >= 11 is 0. The van der Waals surface area contributed by atoms with Crippen LogP contribution in [0.5, 0.6) is 11.5 Å². The van der Waals surface area contributed by atoms with Gasteiger partial charge in [-0.25, -0.2) is 14.6 Å². The molecule has 0 aliphatic heterocycles. The van der Waals surface area contributed by atoms with Crippen molar-refractivity contribution >= 4 is 22.6 Å². The number of imidazole rings is 1. The van der Waals surface area contributed by atoms with E-state index in [-0.39, 0.29) is 19.1 Å². The number of hydrogen-bond donors (Lipinski definition) is 1.